The van der Waals surface area contributed by atoms with Crippen molar-refractivity contribution in [1.82, 2.24) is 0 Å². The standard InChI is InChI=1S/C8H10N.C4H9OS.2ClH.Sn/c1-7(9)8-5-3-2-4-6-8;1-2-6-4-3-5;;;/h2-5,7H,9H2,1H3;2-4H2,1H3;2*1H;/q;-1;;;+3/p-2. The van der Waals surface area contributed by atoms with Crippen LogP contribution in [0.25, 0.3) is 0 Å². The number of hydrogen-bond acceptors (Lipinski definition) is 3. The molecule has 2 nitrogen and oxygen atoms in total. The monoisotopic (exact) mass is 415 g/mol. The summed E-state index contributed by atoms with van der Waals surface area (Å²) >= 11 is -1.86. The molecule has 6 heteroatoms. The SMILES string of the molecule is CCSCC[O][Sn]([Cl])([Cl])[c]1ccccc1C(C)N. The van der Waals surface area contributed by atoms with Crippen molar-refractivity contribution in [1.29, 1.82) is 0 Å². The van der Waals surface area contributed by atoms with Crippen molar-refractivity contribution in [2.75, 3.05) is 18.1 Å². The number of nitrogens with two attached hydrogens (primary N) is 1. The van der Waals surface area contributed by atoms with Crippen LogP contribution in [0.2, 0.25) is 0 Å². The van der Waals surface area contributed by atoms with E-state index in [4.69, 9.17) is 26.7 Å². The van der Waals surface area contributed by atoms with Gasteiger partial charge in [-0.25, -0.2) is 0 Å². The van der Waals surface area contributed by atoms with Crippen molar-refractivity contribution in [3.05, 3.63) is 29.8 Å². The molecule has 0 aliphatic heterocycles. The van der Waals surface area contributed by atoms with E-state index in [2.05, 4.69) is 6.92 Å². The van der Waals surface area contributed by atoms with E-state index < -0.39 is 16.5 Å². The molecule has 0 saturated heterocycles. The molecule has 0 aromatic heterocycles. The molecule has 0 fully saturated rings. The Kier molecular flexibility index (Phi) is 7.73. The third kappa shape index (κ3) is 5.10. The summed E-state index contributed by atoms with van der Waals surface area (Å²) in [6.07, 6.45) is 0. The number of benzene rings is 1. The van der Waals surface area contributed by atoms with E-state index in [0.29, 0.717) is 6.61 Å². The van der Waals surface area contributed by atoms with Crippen LogP contribution in [0, 0.1) is 0 Å². The van der Waals surface area contributed by atoms with Crippen molar-refractivity contribution in [3.63, 3.8) is 0 Å². The summed E-state index contributed by atoms with van der Waals surface area (Å²) in [7, 11) is 13.0. The van der Waals surface area contributed by atoms with Crippen LogP contribution >= 0.6 is 29.6 Å². The van der Waals surface area contributed by atoms with Gasteiger partial charge < -0.3 is 0 Å². The zero-order valence-corrected chi connectivity index (χ0v) is 15.8. The van der Waals surface area contributed by atoms with Gasteiger partial charge in [0.25, 0.3) is 0 Å². The van der Waals surface area contributed by atoms with Crippen molar-refractivity contribution in [2.24, 2.45) is 5.73 Å². The van der Waals surface area contributed by atoms with E-state index in [1.54, 1.807) is 0 Å². The summed E-state index contributed by atoms with van der Waals surface area (Å²) in [5, 5.41) is 0. The summed E-state index contributed by atoms with van der Waals surface area (Å²) in [6.45, 7) is 4.66. The van der Waals surface area contributed by atoms with Gasteiger partial charge in [-0.15, -0.1) is 0 Å². The Hall–Kier alpha value is 0.869. The Bertz CT molecular complexity index is 377. The maximum atomic E-state index is 6.48. The van der Waals surface area contributed by atoms with E-state index in [0.717, 1.165) is 20.6 Å². The molecule has 0 radical (unpaired) electrons. The third-order valence-electron chi connectivity index (χ3n) is 2.48. The first kappa shape index (κ1) is 16.9. The van der Waals surface area contributed by atoms with Gasteiger partial charge in [0.1, 0.15) is 0 Å². The zero-order valence-electron chi connectivity index (χ0n) is 10.7. The van der Waals surface area contributed by atoms with Gasteiger partial charge in [0.15, 0.2) is 0 Å². The molecule has 1 unspecified atom stereocenters. The number of thioether (sulfide) groups is 1. The Morgan fingerprint density at radius 1 is 1.39 bits per heavy atom. The zero-order chi connectivity index (χ0) is 13.6. The van der Waals surface area contributed by atoms with Crippen molar-refractivity contribution in [2.45, 2.75) is 19.9 Å². The predicted molar refractivity (Wildman–Crippen MR) is 85.1 cm³/mol. The van der Waals surface area contributed by atoms with Crippen LogP contribution in [0.15, 0.2) is 24.3 Å². The van der Waals surface area contributed by atoms with Crippen LogP contribution < -0.4 is 9.31 Å². The minimum absolute atomic E-state index is 0.0802. The molecular weight excluding hydrogens is 396 g/mol. The molecule has 1 rings (SSSR count). The molecule has 0 heterocycles. The maximum absolute atomic E-state index is 6.48. The van der Waals surface area contributed by atoms with Gasteiger partial charge in [-0.3, -0.25) is 0 Å². The molecule has 2 N–H and O–H groups in total. The van der Waals surface area contributed by atoms with Gasteiger partial charge in [0.05, 0.1) is 0 Å². The molecular formula is C12H19Cl2NOSSn. The summed E-state index contributed by atoms with van der Waals surface area (Å²) < 4.78 is 6.71. The summed E-state index contributed by atoms with van der Waals surface area (Å²) in [4.78, 5) is 0. The minimum atomic E-state index is -3.68. The summed E-state index contributed by atoms with van der Waals surface area (Å²) in [6, 6.07) is 7.72. The van der Waals surface area contributed by atoms with Crippen LogP contribution in [0.1, 0.15) is 25.5 Å². The van der Waals surface area contributed by atoms with E-state index in [-0.39, 0.29) is 6.04 Å². The van der Waals surface area contributed by atoms with E-state index in [1.165, 1.54) is 0 Å². The fraction of sp³-hybridized carbons (Fsp3) is 0.500. The molecule has 0 amide bonds. The first-order valence-electron chi connectivity index (χ1n) is 5.93. The van der Waals surface area contributed by atoms with Crippen molar-refractivity contribution >= 4 is 49.7 Å². The van der Waals surface area contributed by atoms with Gasteiger partial charge in [-0.05, 0) is 0 Å². The molecule has 102 valence electrons. The topological polar surface area (TPSA) is 35.2 Å². The number of hydrogen-bond donors (Lipinski definition) is 1. The third-order valence-corrected chi connectivity index (χ3v) is 12.2. The molecule has 0 bridgehead atoms. The molecule has 0 aliphatic rings. The van der Waals surface area contributed by atoms with E-state index in [1.807, 2.05) is 43.0 Å². The molecule has 18 heavy (non-hydrogen) atoms. The van der Waals surface area contributed by atoms with Crippen LogP contribution in [0.3, 0.4) is 0 Å². The first-order valence-corrected chi connectivity index (χ1v) is 16.9. The van der Waals surface area contributed by atoms with Crippen LogP contribution in [0.4, 0.5) is 0 Å². The quantitative estimate of drug-likeness (QED) is 0.550. The number of halogens is 2. The number of rotatable bonds is 7. The molecule has 1 aromatic carbocycles. The van der Waals surface area contributed by atoms with Gasteiger partial charge >= 0.3 is 126 Å². The van der Waals surface area contributed by atoms with Crippen molar-refractivity contribution in [3.8, 4) is 0 Å². The second-order valence-corrected chi connectivity index (χ2v) is 19.1. The second kappa shape index (κ2) is 8.22. The summed E-state index contributed by atoms with van der Waals surface area (Å²) in [5.74, 6) is 2.00. The second-order valence-electron chi connectivity index (χ2n) is 3.94. The van der Waals surface area contributed by atoms with E-state index in [9.17, 15) is 0 Å². The van der Waals surface area contributed by atoms with Gasteiger partial charge in [0.2, 0.25) is 0 Å². The van der Waals surface area contributed by atoms with Gasteiger partial charge in [-0.1, -0.05) is 0 Å². The fourth-order valence-electron chi connectivity index (χ4n) is 1.61. The average Bonchev–Trinajstić information content (AvgIpc) is 2.35. The Balaban J connectivity index is 2.77. The van der Waals surface area contributed by atoms with Crippen LogP contribution in [-0.4, -0.2) is 34.7 Å². The van der Waals surface area contributed by atoms with E-state index >= 15 is 0 Å². The Morgan fingerprint density at radius 2 is 2.06 bits per heavy atom. The Morgan fingerprint density at radius 3 is 2.67 bits per heavy atom. The molecule has 0 saturated carbocycles. The predicted octanol–water partition coefficient (Wildman–Crippen LogP) is 3.10. The molecule has 0 spiro atoms. The van der Waals surface area contributed by atoms with Crippen LogP contribution in [0.5, 0.6) is 0 Å². The van der Waals surface area contributed by atoms with Gasteiger partial charge in [-0.2, -0.15) is 0 Å². The first-order chi connectivity index (χ1) is 8.49. The normalized spacial score (nSPS) is 13.6. The molecule has 1 aromatic rings. The fourth-order valence-corrected chi connectivity index (χ4v) is 10.0. The average molecular weight is 415 g/mol. The van der Waals surface area contributed by atoms with Crippen LogP contribution in [-0.2, 0) is 3.07 Å². The van der Waals surface area contributed by atoms with Crippen molar-refractivity contribution < 1.29 is 3.07 Å². The van der Waals surface area contributed by atoms with Gasteiger partial charge in [0, 0.05) is 0 Å². The molecule has 0 aliphatic carbocycles. The Labute approximate surface area is 125 Å². The molecule has 1 atom stereocenters. The summed E-state index contributed by atoms with van der Waals surface area (Å²) in [5.41, 5.74) is 6.95.